The van der Waals surface area contributed by atoms with Crippen LogP contribution in [-0.4, -0.2) is 24.1 Å². The minimum Gasteiger partial charge on any atom is -0.302 e. The largest absolute Gasteiger partial charge is 0.302 e. The third-order valence-corrected chi connectivity index (χ3v) is 2.07. The van der Waals surface area contributed by atoms with E-state index in [4.69, 9.17) is 5.26 Å². The van der Waals surface area contributed by atoms with Gasteiger partial charge in [0.05, 0.1) is 6.07 Å². The Bertz CT molecular complexity index is 109. The van der Waals surface area contributed by atoms with Crippen LogP contribution >= 0.6 is 11.8 Å². The van der Waals surface area contributed by atoms with E-state index in [0.717, 1.165) is 18.1 Å². The van der Waals surface area contributed by atoms with Gasteiger partial charge >= 0.3 is 0 Å². The molecule has 0 bridgehead atoms. The summed E-state index contributed by atoms with van der Waals surface area (Å²) < 4.78 is 0. The van der Waals surface area contributed by atoms with Crippen molar-refractivity contribution < 1.29 is 0 Å². The Morgan fingerprint density at radius 1 is 1.60 bits per heavy atom. The second kappa shape index (κ2) is 6.91. The molecule has 0 saturated heterocycles. The second-order valence-electron chi connectivity index (χ2n) is 1.90. The van der Waals surface area contributed by atoms with E-state index < -0.39 is 0 Å². The molecule has 0 aromatic rings. The first-order chi connectivity index (χ1) is 4.85. The SMILES string of the molecule is CCNC(C#N)CSCC. The number of hydrogen-bond acceptors (Lipinski definition) is 3. The van der Waals surface area contributed by atoms with Crippen LogP contribution in [0.5, 0.6) is 0 Å². The molecule has 0 heterocycles. The summed E-state index contributed by atoms with van der Waals surface area (Å²) in [6.07, 6.45) is 0. The molecule has 0 aromatic heterocycles. The summed E-state index contributed by atoms with van der Waals surface area (Å²) in [5.74, 6) is 1.99. The van der Waals surface area contributed by atoms with Gasteiger partial charge in [-0.15, -0.1) is 0 Å². The van der Waals surface area contributed by atoms with Gasteiger partial charge in [0.1, 0.15) is 6.04 Å². The summed E-state index contributed by atoms with van der Waals surface area (Å²) in [6, 6.07) is 2.24. The molecule has 0 aliphatic carbocycles. The van der Waals surface area contributed by atoms with Crippen molar-refractivity contribution in [2.75, 3.05) is 18.1 Å². The first-order valence-corrected chi connectivity index (χ1v) is 4.71. The molecule has 1 atom stereocenters. The molecule has 10 heavy (non-hydrogen) atoms. The standard InChI is InChI=1S/C7H14N2S/c1-3-9-7(5-8)6-10-4-2/h7,9H,3-4,6H2,1-2H3. The van der Waals surface area contributed by atoms with Gasteiger partial charge in [-0.1, -0.05) is 13.8 Å². The Balaban J connectivity index is 3.33. The van der Waals surface area contributed by atoms with Gasteiger partial charge in [-0.25, -0.2) is 0 Å². The normalized spacial score (nSPS) is 12.5. The molecule has 1 unspecified atom stereocenters. The van der Waals surface area contributed by atoms with Crippen LogP contribution in [0.4, 0.5) is 0 Å². The predicted octanol–water partition coefficient (Wildman–Crippen LogP) is 1.24. The van der Waals surface area contributed by atoms with Gasteiger partial charge in [0.25, 0.3) is 0 Å². The topological polar surface area (TPSA) is 35.8 Å². The lowest BCUT2D eigenvalue weighted by Crippen LogP contribution is -2.29. The van der Waals surface area contributed by atoms with E-state index in [9.17, 15) is 0 Å². The van der Waals surface area contributed by atoms with Crippen molar-refractivity contribution in [1.29, 1.82) is 5.26 Å². The molecule has 1 N–H and O–H groups in total. The van der Waals surface area contributed by atoms with E-state index in [-0.39, 0.29) is 6.04 Å². The van der Waals surface area contributed by atoms with Crippen molar-refractivity contribution in [2.24, 2.45) is 0 Å². The van der Waals surface area contributed by atoms with Crippen molar-refractivity contribution in [1.82, 2.24) is 5.32 Å². The average Bonchev–Trinajstić information content (AvgIpc) is 1.98. The minimum absolute atomic E-state index is 0.0370. The maximum absolute atomic E-state index is 8.56. The van der Waals surface area contributed by atoms with Crippen molar-refractivity contribution in [3.05, 3.63) is 0 Å². The van der Waals surface area contributed by atoms with Gasteiger partial charge in [0, 0.05) is 5.75 Å². The number of thioether (sulfide) groups is 1. The smallest absolute Gasteiger partial charge is 0.104 e. The fourth-order valence-corrected chi connectivity index (χ4v) is 1.29. The second-order valence-corrected chi connectivity index (χ2v) is 3.22. The molecule has 58 valence electrons. The molecular formula is C7H14N2S. The highest BCUT2D eigenvalue weighted by molar-refractivity contribution is 7.99. The van der Waals surface area contributed by atoms with E-state index in [1.54, 1.807) is 11.8 Å². The summed E-state index contributed by atoms with van der Waals surface area (Å²) in [5.41, 5.74) is 0. The Kier molecular flexibility index (Phi) is 6.78. The molecule has 0 rings (SSSR count). The monoisotopic (exact) mass is 158 g/mol. The van der Waals surface area contributed by atoms with E-state index in [1.165, 1.54) is 0 Å². The maximum atomic E-state index is 8.56. The van der Waals surface area contributed by atoms with Gasteiger partial charge in [-0.05, 0) is 12.3 Å². The van der Waals surface area contributed by atoms with Crippen LogP contribution in [0.3, 0.4) is 0 Å². The third-order valence-electron chi connectivity index (χ3n) is 1.10. The lowest BCUT2D eigenvalue weighted by atomic mass is 10.4. The van der Waals surface area contributed by atoms with Crippen LogP contribution in [0, 0.1) is 11.3 Å². The lowest BCUT2D eigenvalue weighted by Gasteiger charge is -2.06. The third kappa shape index (κ3) is 4.66. The fourth-order valence-electron chi connectivity index (χ4n) is 0.624. The fraction of sp³-hybridized carbons (Fsp3) is 0.857. The van der Waals surface area contributed by atoms with E-state index in [1.807, 2.05) is 6.92 Å². The van der Waals surface area contributed by atoms with Crippen LogP contribution in [0.15, 0.2) is 0 Å². The maximum Gasteiger partial charge on any atom is 0.104 e. The first kappa shape index (κ1) is 9.80. The number of nitrogens with zero attached hydrogens (tertiary/aromatic N) is 1. The van der Waals surface area contributed by atoms with Gasteiger partial charge in [-0.3, -0.25) is 0 Å². The number of hydrogen-bond donors (Lipinski definition) is 1. The van der Waals surface area contributed by atoms with Gasteiger partial charge in [0.15, 0.2) is 0 Å². The molecule has 0 radical (unpaired) electrons. The summed E-state index contributed by atoms with van der Waals surface area (Å²) in [4.78, 5) is 0. The van der Waals surface area contributed by atoms with Crippen LogP contribution in [0.25, 0.3) is 0 Å². The molecule has 0 aromatic carbocycles. The summed E-state index contributed by atoms with van der Waals surface area (Å²) in [5, 5.41) is 11.6. The summed E-state index contributed by atoms with van der Waals surface area (Å²) in [6.45, 7) is 4.99. The summed E-state index contributed by atoms with van der Waals surface area (Å²) >= 11 is 1.80. The zero-order chi connectivity index (χ0) is 7.82. The van der Waals surface area contributed by atoms with Gasteiger partial charge in [0.2, 0.25) is 0 Å². The molecule has 0 amide bonds. The first-order valence-electron chi connectivity index (χ1n) is 3.55. The molecule has 0 spiro atoms. The Labute approximate surface area is 67.0 Å². The van der Waals surface area contributed by atoms with E-state index in [0.29, 0.717) is 0 Å². The van der Waals surface area contributed by atoms with Crippen molar-refractivity contribution >= 4 is 11.8 Å². The quantitative estimate of drug-likeness (QED) is 0.654. The molecule has 0 aliphatic rings. The zero-order valence-electron chi connectivity index (χ0n) is 6.55. The Hall–Kier alpha value is -0.200. The number of nitriles is 1. The minimum atomic E-state index is 0.0370. The average molecular weight is 158 g/mol. The zero-order valence-corrected chi connectivity index (χ0v) is 7.37. The highest BCUT2D eigenvalue weighted by atomic mass is 32.2. The van der Waals surface area contributed by atoms with Crippen molar-refractivity contribution in [3.63, 3.8) is 0 Å². The highest BCUT2D eigenvalue weighted by Crippen LogP contribution is 2.00. The van der Waals surface area contributed by atoms with Crippen molar-refractivity contribution in [3.8, 4) is 6.07 Å². The van der Waals surface area contributed by atoms with Gasteiger partial charge < -0.3 is 5.32 Å². The van der Waals surface area contributed by atoms with E-state index in [2.05, 4.69) is 18.3 Å². The molecule has 3 heteroatoms. The van der Waals surface area contributed by atoms with Crippen LogP contribution < -0.4 is 5.32 Å². The van der Waals surface area contributed by atoms with Crippen molar-refractivity contribution in [2.45, 2.75) is 19.9 Å². The van der Waals surface area contributed by atoms with Crippen LogP contribution in [0.1, 0.15) is 13.8 Å². The lowest BCUT2D eigenvalue weighted by molar-refractivity contribution is 0.678. The van der Waals surface area contributed by atoms with Crippen LogP contribution in [-0.2, 0) is 0 Å². The van der Waals surface area contributed by atoms with Crippen LogP contribution in [0.2, 0.25) is 0 Å². The Morgan fingerprint density at radius 3 is 2.70 bits per heavy atom. The summed E-state index contributed by atoms with van der Waals surface area (Å²) in [7, 11) is 0. The molecule has 0 saturated carbocycles. The predicted molar refractivity (Wildman–Crippen MR) is 46.1 cm³/mol. The Morgan fingerprint density at radius 2 is 2.30 bits per heavy atom. The molecule has 0 aliphatic heterocycles. The molecule has 0 fully saturated rings. The molecular weight excluding hydrogens is 144 g/mol. The number of nitrogens with one attached hydrogen (secondary N) is 1. The van der Waals surface area contributed by atoms with Gasteiger partial charge in [-0.2, -0.15) is 17.0 Å². The molecule has 2 nitrogen and oxygen atoms in total. The highest BCUT2D eigenvalue weighted by Gasteiger charge is 2.02. The number of rotatable bonds is 5. The van der Waals surface area contributed by atoms with E-state index >= 15 is 0 Å².